The van der Waals surface area contributed by atoms with Gasteiger partial charge >= 0.3 is 35.5 Å². The van der Waals surface area contributed by atoms with E-state index in [1.54, 1.807) is 6.92 Å². The quantitative estimate of drug-likeness (QED) is 0.329. The van der Waals surface area contributed by atoms with Crippen molar-refractivity contribution in [3.05, 3.63) is 6.42 Å². The number of amides is 1. The number of hydrogen-bond donors (Lipinski definition) is 2. The molecule has 8 nitrogen and oxygen atoms in total. The molecule has 0 saturated carbocycles. The molecule has 0 aromatic carbocycles. The van der Waals surface area contributed by atoms with E-state index in [9.17, 15) is 27.7 Å². The van der Waals surface area contributed by atoms with Gasteiger partial charge in [-0.3, -0.25) is 9.59 Å². The van der Waals surface area contributed by atoms with Crippen LogP contribution < -0.4 is 34.9 Å². The monoisotopic (exact) mass is 383 g/mol. The van der Waals surface area contributed by atoms with Crippen molar-refractivity contribution in [3.63, 3.8) is 0 Å². The average Bonchev–Trinajstić information content (AvgIpc) is 2.39. The normalized spacial score (nSPS) is 15.2. The molecule has 2 unspecified atom stereocenters. The van der Waals surface area contributed by atoms with Gasteiger partial charge in [0.25, 0.3) is 0 Å². The van der Waals surface area contributed by atoms with Crippen molar-refractivity contribution >= 4 is 22.0 Å². The summed E-state index contributed by atoms with van der Waals surface area (Å²) in [5, 5.41) is 20.8. The summed E-state index contributed by atoms with van der Waals surface area (Å²) in [6.07, 6.45) is 1.58. The van der Waals surface area contributed by atoms with E-state index in [0.717, 1.165) is 6.42 Å². The van der Waals surface area contributed by atoms with Gasteiger partial charge in [-0.05, 0) is 40.0 Å². The molecule has 1 amide bonds. The molecule has 2 N–H and O–H groups in total. The number of nitriles is 1. The van der Waals surface area contributed by atoms with E-state index < -0.39 is 44.6 Å². The van der Waals surface area contributed by atoms with Gasteiger partial charge in [-0.2, -0.15) is 5.26 Å². The Hall–Kier alpha value is -0.660. The Bertz CT molecular complexity index is 614. The molecule has 0 aliphatic heterocycles. The van der Waals surface area contributed by atoms with Crippen LogP contribution in [-0.4, -0.2) is 41.2 Å². The van der Waals surface area contributed by atoms with Gasteiger partial charge in [-0.1, -0.05) is 6.92 Å². The molecular weight excluding hydrogens is 359 g/mol. The Morgan fingerprint density at radius 2 is 1.88 bits per heavy atom. The Kier molecular flexibility index (Phi) is 11.1. The maximum Gasteiger partial charge on any atom is 1.00 e. The molecule has 0 aliphatic carbocycles. The number of aliphatic carboxylic acids is 1. The van der Waals surface area contributed by atoms with Crippen molar-refractivity contribution < 1.29 is 57.2 Å². The largest absolute Gasteiger partial charge is 1.00 e. The van der Waals surface area contributed by atoms with Crippen LogP contribution in [0.4, 0.5) is 0 Å². The summed E-state index contributed by atoms with van der Waals surface area (Å²) < 4.78 is 32.4. The summed E-state index contributed by atoms with van der Waals surface area (Å²) in [5.41, 5.74) is -2.56. The Labute approximate surface area is 171 Å². The fourth-order valence-corrected chi connectivity index (χ4v) is 3.22. The van der Waals surface area contributed by atoms with Crippen molar-refractivity contribution in [3.8, 4) is 6.07 Å². The summed E-state index contributed by atoms with van der Waals surface area (Å²) in [6.45, 7) is 5.99. The first-order valence-corrected chi connectivity index (χ1v) is 9.04. The molecular formula is C15H24N2NaO6S. The number of carboxylic acid groups (broad SMARTS) is 1. The van der Waals surface area contributed by atoms with Crippen molar-refractivity contribution in [1.29, 1.82) is 5.26 Å². The third-order valence-corrected chi connectivity index (χ3v) is 4.70. The van der Waals surface area contributed by atoms with Crippen LogP contribution in [0.1, 0.15) is 47.0 Å². The van der Waals surface area contributed by atoms with E-state index in [2.05, 4.69) is 5.32 Å². The summed E-state index contributed by atoms with van der Waals surface area (Å²) in [7, 11) is -4.52. The van der Waals surface area contributed by atoms with Crippen LogP contribution in [0.3, 0.4) is 0 Å². The summed E-state index contributed by atoms with van der Waals surface area (Å²) in [5.74, 6) is -3.00. The van der Waals surface area contributed by atoms with Crippen LogP contribution in [0.15, 0.2) is 0 Å². The van der Waals surface area contributed by atoms with Crippen LogP contribution >= 0.6 is 0 Å². The zero-order valence-electron chi connectivity index (χ0n) is 15.3. The van der Waals surface area contributed by atoms with Crippen molar-refractivity contribution in [2.24, 2.45) is 11.3 Å². The summed E-state index contributed by atoms with van der Waals surface area (Å²) >= 11 is 0. The Morgan fingerprint density at radius 3 is 2.24 bits per heavy atom. The smallest absolute Gasteiger partial charge is 0.748 e. The minimum atomic E-state index is -4.52. The molecule has 0 spiro atoms. The van der Waals surface area contributed by atoms with E-state index in [0.29, 0.717) is 6.42 Å². The zero-order chi connectivity index (χ0) is 19.2. The standard InChI is InChI=1S/C15H25N2O6S.Na/c1-5-11(9-16)8-15(4,13(19)20)7-6-12(18)17-14(2,3)10-24(21,22)23;/h6,11H,5,7-8,10H2,1-4H3,(H,17,18)(H,19,20)(H,21,22,23);/q;+1/p-1. The first-order valence-electron chi connectivity index (χ1n) is 7.46. The fourth-order valence-electron chi connectivity index (χ4n) is 2.26. The molecule has 10 heteroatoms. The van der Waals surface area contributed by atoms with E-state index >= 15 is 0 Å². The van der Waals surface area contributed by atoms with Crippen LogP contribution in [0.5, 0.6) is 0 Å². The third kappa shape index (κ3) is 10.8. The Balaban J connectivity index is 0. The predicted octanol–water partition coefficient (Wildman–Crippen LogP) is -1.94. The number of hydrogen-bond acceptors (Lipinski definition) is 6. The molecule has 0 fully saturated rings. The second kappa shape index (κ2) is 10.5. The third-order valence-electron chi connectivity index (χ3n) is 3.63. The molecule has 25 heavy (non-hydrogen) atoms. The minimum Gasteiger partial charge on any atom is -0.748 e. The SMILES string of the molecule is CCC(C#N)CC(C)(C[CH]C(=O)NC(C)(C)CS(=O)(=O)[O-])C(=O)O.[Na+]. The topological polar surface area (TPSA) is 147 Å². The Morgan fingerprint density at radius 1 is 1.36 bits per heavy atom. The second-order valence-corrected chi connectivity index (χ2v) is 8.19. The number of carbonyl (C=O) groups excluding carboxylic acids is 1. The molecule has 0 heterocycles. The van der Waals surface area contributed by atoms with Crippen molar-refractivity contribution in [2.75, 3.05) is 5.75 Å². The van der Waals surface area contributed by atoms with Crippen LogP contribution in [0.2, 0.25) is 0 Å². The van der Waals surface area contributed by atoms with Gasteiger partial charge in [0.05, 0.1) is 33.8 Å². The number of rotatable bonds is 10. The number of carbonyl (C=O) groups is 2. The van der Waals surface area contributed by atoms with Crippen molar-refractivity contribution in [2.45, 2.75) is 52.5 Å². The molecule has 1 radical (unpaired) electrons. The van der Waals surface area contributed by atoms with E-state index in [1.807, 2.05) is 6.07 Å². The van der Waals surface area contributed by atoms with Gasteiger partial charge in [0.15, 0.2) is 0 Å². The minimum absolute atomic E-state index is 0. The number of nitrogens with one attached hydrogen (secondary N) is 1. The van der Waals surface area contributed by atoms with E-state index in [-0.39, 0.29) is 42.4 Å². The van der Waals surface area contributed by atoms with Gasteiger partial charge in [-0.15, -0.1) is 0 Å². The van der Waals surface area contributed by atoms with Crippen molar-refractivity contribution in [1.82, 2.24) is 5.32 Å². The van der Waals surface area contributed by atoms with Crippen LogP contribution in [0.25, 0.3) is 0 Å². The first-order chi connectivity index (χ1) is 10.7. The van der Waals surface area contributed by atoms with Gasteiger partial charge in [-0.25, -0.2) is 8.42 Å². The van der Waals surface area contributed by atoms with Crippen LogP contribution in [0, 0.1) is 29.1 Å². The molecule has 0 rings (SSSR count). The summed E-state index contributed by atoms with van der Waals surface area (Å²) in [4.78, 5) is 23.4. The van der Waals surface area contributed by atoms with Gasteiger partial charge in [0, 0.05) is 11.5 Å². The van der Waals surface area contributed by atoms with E-state index in [1.165, 1.54) is 20.8 Å². The van der Waals surface area contributed by atoms with Gasteiger partial charge in [0.2, 0.25) is 5.91 Å². The molecule has 0 aromatic rings. The molecule has 0 aromatic heterocycles. The molecule has 0 saturated heterocycles. The van der Waals surface area contributed by atoms with E-state index in [4.69, 9.17) is 5.26 Å². The number of carboxylic acids is 1. The van der Waals surface area contributed by atoms with Crippen LogP contribution in [-0.2, 0) is 19.7 Å². The number of nitrogens with zero attached hydrogens (tertiary/aromatic N) is 1. The first kappa shape index (κ1) is 26.6. The van der Waals surface area contributed by atoms with Gasteiger partial charge in [0.1, 0.15) is 0 Å². The second-order valence-electron chi connectivity index (χ2n) is 6.79. The summed E-state index contributed by atoms with van der Waals surface area (Å²) in [6, 6.07) is 2.03. The zero-order valence-corrected chi connectivity index (χ0v) is 18.1. The molecule has 2 atom stereocenters. The molecule has 0 bridgehead atoms. The molecule has 137 valence electrons. The molecule has 0 aliphatic rings. The maximum atomic E-state index is 11.9. The maximum absolute atomic E-state index is 11.9. The average molecular weight is 383 g/mol. The van der Waals surface area contributed by atoms with Gasteiger partial charge < -0.3 is 15.0 Å². The fraction of sp³-hybridized carbons (Fsp3) is 0.733. The predicted molar refractivity (Wildman–Crippen MR) is 85.5 cm³/mol.